The van der Waals surface area contributed by atoms with Gasteiger partial charge in [0, 0.05) is 0 Å². The third kappa shape index (κ3) is 5.91. The Morgan fingerprint density at radius 2 is 0.889 bits per heavy atom. The molecule has 0 bridgehead atoms. The van der Waals surface area contributed by atoms with Gasteiger partial charge in [0.05, 0.1) is 6.61 Å². The van der Waals surface area contributed by atoms with E-state index in [0.717, 1.165) is 0 Å². The first-order chi connectivity index (χ1) is 12.9. The Labute approximate surface area is 157 Å². The topological polar surface area (TPSA) is 9.23 Å². The van der Waals surface area contributed by atoms with Gasteiger partial charge in [-0.15, -0.1) is 0 Å². The molecule has 0 aliphatic heterocycles. The lowest BCUT2D eigenvalue weighted by Crippen LogP contribution is -2.32. The van der Waals surface area contributed by atoms with Crippen molar-refractivity contribution >= 4 is 30.7 Å². The highest BCUT2D eigenvalue weighted by molar-refractivity contribution is 7.91. The molecule has 0 radical (unpaired) electrons. The molecule has 0 heterocycles. The van der Waals surface area contributed by atoms with Crippen molar-refractivity contribution in [2.24, 2.45) is 0 Å². The molecule has 0 saturated carbocycles. The summed E-state index contributed by atoms with van der Waals surface area (Å²) in [6.45, 7) is 2.76. The lowest BCUT2D eigenvalue weighted by Gasteiger charge is -2.25. The van der Waals surface area contributed by atoms with E-state index < -0.39 is 14.7 Å². The first kappa shape index (κ1) is 21.1. The second kappa shape index (κ2) is 9.68. The maximum atomic E-state index is 9.75. The predicted octanol–water partition coefficient (Wildman–Crippen LogP) is 5.23. The fourth-order valence-corrected chi connectivity index (χ4v) is 6.28. The van der Waals surface area contributed by atoms with E-state index in [-0.39, 0.29) is 0 Å². The molecule has 3 aromatic carbocycles. The molecule has 0 aromatic heterocycles. The van der Waals surface area contributed by atoms with Crippen molar-refractivity contribution in [2.45, 2.75) is 6.92 Å². The highest BCUT2D eigenvalue weighted by Gasteiger charge is 2.47. The molecular weight excluding hydrogens is 374 g/mol. The van der Waals surface area contributed by atoms with Gasteiger partial charge in [-0.1, -0.05) is 54.6 Å². The predicted molar refractivity (Wildman–Crippen MR) is 107 cm³/mol. The molecule has 0 fully saturated rings. The Morgan fingerprint density at radius 1 is 0.630 bits per heavy atom. The summed E-state index contributed by atoms with van der Waals surface area (Å²) >= 11 is 0. The Morgan fingerprint density at radius 3 is 1.11 bits per heavy atom. The van der Waals surface area contributed by atoms with Gasteiger partial charge in [-0.05, 0) is 43.3 Å². The third-order valence-corrected chi connectivity index (χ3v) is 7.40. The average molecular weight is 394 g/mol. The number of hydrogen-bond donors (Lipinski definition) is 0. The van der Waals surface area contributed by atoms with Gasteiger partial charge in [-0.3, -0.25) is 0 Å². The van der Waals surface area contributed by atoms with Gasteiger partial charge < -0.3 is 17.3 Å². The van der Waals surface area contributed by atoms with E-state index in [1.54, 1.807) is 0 Å². The smallest absolute Gasteiger partial charge is 0.418 e. The molecule has 0 aliphatic rings. The van der Waals surface area contributed by atoms with Crippen molar-refractivity contribution in [2.75, 3.05) is 6.61 Å². The second-order valence-electron chi connectivity index (χ2n) is 5.53. The minimum absolute atomic E-state index is 0.687. The van der Waals surface area contributed by atoms with Crippen LogP contribution in [0.4, 0.5) is 17.3 Å². The summed E-state index contributed by atoms with van der Waals surface area (Å²) in [6.07, 6.45) is 0. The lowest BCUT2D eigenvalue weighted by molar-refractivity contribution is 0.368. The van der Waals surface area contributed by atoms with Crippen LogP contribution in [0.1, 0.15) is 6.92 Å². The minimum atomic E-state index is -6.00. The lowest BCUT2D eigenvalue weighted by atomic mass is 10.3. The minimum Gasteiger partial charge on any atom is -0.418 e. The van der Waals surface area contributed by atoms with E-state index in [9.17, 15) is 17.3 Å². The summed E-state index contributed by atoms with van der Waals surface area (Å²) in [6, 6.07) is 31.8. The zero-order valence-corrected chi connectivity index (χ0v) is 15.7. The van der Waals surface area contributed by atoms with Gasteiger partial charge in [-0.2, -0.15) is 0 Å². The fraction of sp³-hybridized carbons (Fsp3) is 0.100. The molecule has 0 saturated heterocycles. The summed E-state index contributed by atoms with van der Waals surface area (Å²) in [5.41, 5.74) is 0. The van der Waals surface area contributed by atoms with Crippen LogP contribution in [0.2, 0.25) is 0 Å². The zero-order valence-electron chi connectivity index (χ0n) is 14.8. The molecular formula is C20H20BF4OP. The van der Waals surface area contributed by atoms with Gasteiger partial charge >= 0.3 is 7.25 Å². The van der Waals surface area contributed by atoms with Crippen LogP contribution in [-0.2, 0) is 4.52 Å². The van der Waals surface area contributed by atoms with Crippen LogP contribution in [0.25, 0.3) is 0 Å². The highest BCUT2D eigenvalue weighted by atomic mass is 31.2. The summed E-state index contributed by atoms with van der Waals surface area (Å²) in [5.74, 6) is 0. The molecule has 0 N–H and O–H groups in total. The van der Waals surface area contributed by atoms with E-state index in [2.05, 4.69) is 97.9 Å². The maximum absolute atomic E-state index is 9.75. The van der Waals surface area contributed by atoms with E-state index in [4.69, 9.17) is 4.52 Å². The molecule has 142 valence electrons. The van der Waals surface area contributed by atoms with Crippen LogP contribution in [-0.4, -0.2) is 13.9 Å². The molecule has 3 aromatic rings. The number of halogens is 4. The SMILES string of the molecule is CCO[P+](c1ccccc1)(c1ccccc1)c1ccccc1.F[B-](F)(F)F. The van der Waals surface area contributed by atoms with Crippen LogP contribution in [0.15, 0.2) is 91.0 Å². The van der Waals surface area contributed by atoms with Gasteiger partial charge in [0.1, 0.15) is 15.9 Å². The molecule has 3 rings (SSSR count). The second-order valence-corrected chi connectivity index (χ2v) is 8.55. The van der Waals surface area contributed by atoms with E-state index in [0.29, 0.717) is 6.61 Å². The monoisotopic (exact) mass is 394 g/mol. The highest BCUT2D eigenvalue weighted by Crippen LogP contribution is 2.56. The quantitative estimate of drug-likeness (QED) is 0.327. The van der Waals surface area contributed by atoms with Crippen LogP contribution in [0.5, 0.6) is 0 Å². The molecule has 0 atom stereocenters. The van der Waals surface area contributed by atoms with Gasteiger partial charge in [0.2, 0.25) is 7.49 Å². The normalized spacial score (nSPS) is 11.4. The van der Waals surface area contributed by atoms with Crippen LogP contribution in [0, 0.1) is 0 Å². The van der Waals surface area contributed by atoms with Crippen molar-refractivity contribution in [3.8, 4) is 0 Å². The van der Waals surface area contributed by atoms with Crippen molar-refractivity contribution in [1.29, 1.82) is 0 Å². The number of hydrogen-bond acceptors (Lipinski definition) is 1. The Kier molecular flexibility index (Phi) is 7.58. The summed E-state index contributed by atoms with van der Waals surface area (Å²) in [5, 5.41) is 3.78. The molecule has 1 nitrogen and oxygen atoms in total. The first-order valence-corrected chi connectivity index (χ1v) is 10.2. The van der Waals surface area contributed by atoms with Crippen LogP contribution >= 0.6 is 7.49 Å². The Hall–Kier alpha value is -2.17. The van der Waals surface area contributed by atoms with Crippen molar-refractivity contribution < 1.29 is 21.8 Å². The molecule has 0 spiro atoms. The van der Waals surface area contributed by atoms with Crippen molar-refractivity contribution in [3.05, 3.63) is 91.0 Å². The van der Waals surface area contributed by atoms with E-state index >= 15 is 0 Å². The third-order valence-electron chi connectivity index (χ3n) is 3.68. The van der Waals surface area contributed by atoms with Crippen molar-refractivity contribution in [3.63, 3.8) is 0 Å². The van der Waals surface area contributed by atoms with Gasteiger partial charge in [-0.25, -0.2) is 4.52 Å². The standard InChI is InChI=1S/C20H20OP.BF4/c1-2-21-22(18-12-6-3-7-13-18,19-14-8-4-9-15-19)20-16-10-5-11-17-20;2-1(3,4)5/h3-17H,2H2,1H3;/q+1;-1. The van der Waals surface area contributed by atoms with E-state index in [1.165, 1.54) is 15.9 Å². The maximum Gasteiger partial charge on any atom is 0.673 e. The first-order valence-electron chi connectivity index (χ1n) is 8.45. The number of benzene rings is 3. The Bertz CT molecular complexity index is 696. The fourth-order valence-electron chi connectivity index (χ4n) is 2.78. The molecule has 0 aliphatic carbocycles. The summed E-state index contributed by atoms with van der Waals surface area (Å²) in [4.78, 5) is 0. The summed E-state index contributed by atoms with van der Waals surface area (Å²) < 4.78 is 45.5. The largest absolute Gasteiger partial charge is 0.673 e. The number of rotatable bonds is 5. The van der Waals surface area contributed by atoms with Gasteiger partial charge in [0.15, 0.2) is 0 Å². The Balaban J connectivity index is 0.000000465. The summed E-state index contributed by atoms with van der Waals surface area (Å²) in [7, 11) is -8.05. The van der Waals surface area contributed by atoms with Gasteiger partial charge in [0.25, 0.3) is 0 Å². The molecule has 27 heavy (non-hydrogen) atoms. The van der Waals surface area contributed by atoms with Crippen LogP contribution < -0.4 is 15.9 Å². The molecule has 0 amide bonds. The van der Waals surface area contributed by atoms with Crippen molar-refractivity contribution in [1.82, 2.24) is 0 Å². The molecule has 7 heteroatoms. The van der Waals surface area contributed by atoms with E-state index in [1.807, 2.05) is 0 Å². The average Bonchev–Trinajstić information content (AvgIpc) is 2.67. The molecule has 0 unspecified atom stereocenters. The van der Waals surface area contributed by atoms with Crippen LogP contribution in [0.3, 0.4) is 0 Å². The zero-order chi connectivity index (χ0) is 19.8.